The number of urea groups is 1. The second-order valence-corrected chi connectivity index (χ2v) is 4.83. The van der Waals surface area contributed by atoms with Crippen molar-refractivity contribution < 1.29 is 27.9 Å². The van der Waals surface area contributed by atoms with Crippen molar-refractivity contribution in [3.05, 3.63) is 29.3 Å². The SMILES string of the molecule is Cc1ccc(C)c(NC(=O)NC(C)(C(=O)O)C(F)(F)F)c1. The number of hydrogen-bond acceptors (Lipinski definition) is 2. The number of aryl methyl sites for hydroxylation is 2. The summed E-state index contributed by atoms with van der Waals surface area (Å²) in [4.78, 5) is 22.5. The number of carbonyl (C=O) groups is 2. The van der Waals surface area contributed by atoms with Crippen LogP contribution < -0.4 is 10.6 Å². The lowest BCUT2D eigenvalue weighted by Gasteiger charge is -2.28. The molecule has 0 radical (unpaired) electrons. The number of aliphatic carboxylic acids is 1. The van der Waals surface area contributed by atoms with Crippen molar-refractivity contribution >= 4 is 17.7 Å². The number of carboxylic acids is 1. The molecule has 0 heterocycles. The summed E-state index contributed by atoms with van der Waals surface area (Å²) in [6.07, 6.45) is -5.13. The van der Waals surface area contributed by atoms with Crippen LogP contribution in [0.5, 0.6) is 0 Å². The summed E-state index contributed by atoms with van der Waals surface area (Å²) in [6, 6.07) is 3.78. The monoisotopic (exact) mass is 304 g/mol. The quantitative estimate of drug-likeness (QED) is 0.803. The molecule has 0 fully saturated rings. The molecular formula is C13H15F3N2O3. The molecule has 0 saturated heterocycles. The van der Waals surface area contributed by atoms with Gasteiger partial charge in [0.05, 0.1) is 0 Å². The minimum absolute atomic E-state index is 0.308. The van der Waals surface area contributed by atoms with E-state index >= 15 is 0 Å². The van der Waals surface area contributed by atoms with Crippen LogP contribution in [0.2, 0.25) is 0 Å². The molecule has 1 aromatic carbocycles. The molecule has 0 spiro atoms. The molecule has 8 heteroatoms. The van der Waals surface area contributed by atoms with E-state index in [2.05, 4.69) is 5.32 Å². The molecule has 0 aliphatic heterocycles. The van der Waals surface area contributed by atoms with Gasteiger partial charge in [-0.2, -0.15) is 13.2 Å². The van der Waals surface area contributed by atoms with Crippen LogP contribution in [0.1, 0.15) is 18.1 Å². The van der Waals surface area contributed by atoms with Crippen molar-refractivity contribution in [3.8, 4) is 0 Å². The number of hydrogen-bond donors (Lipinski definition) is 3. The topological polar surface area (TPSA) is 78.4 Å². The highest BCUT2D eigenvalue weighted by Gasteiger charge is 2.58. The molecule has 0 aliphatic carbocycles. The van der Waals surface area contributed by atoms with Gasteiger partial charge in [0.15, 0.2) is 0 Å². The third kappa shape index (κ3) is 3.65. The fraction of sp³-hybridized carbons (Fsp3) is 0.385. The Morgan fingerprint density at radius 1 is 1.19 bits per heavy atom. The van der Waals surface area contributed by atoms with Gasteiger partial charge in [-0.15, -0.1) is 0 Å². The predicted octanol–water partition coefficient (Wildman–Crippen LogP) is 2.83. The van der Waals surface area contributed by atoms with Crippen LogP contribution in [0.15, 0.2) is 18.2 Å². The highest BCUT2D eigenvalue weighted by molar-refractivity contribution is 5.94. The van der Waals surface area contributed by atoms with Gasteiger partial charge >= 0.3 is 18.2 Å². The summed E-state index contributed by atoms with van der Waals surface area (Å²) in [5.41, 5.74) is -1.62. The number of benzene rings is 1. The minimum atomic E-state index is -5.13. The maximum Gasteiger partial charge on any atom is 0.422 e. The average Bonchev–Trinajstić information content (AvgIpc) is 2.32. The van der Waals surface area contributed by atoms with Gasteiger partial charge in [0.2, 0.25) is 5.54 Å². The Labute approximate surface area is 119 Å². The summed E-state index contributed by atoms with van der Waals surface area (Å²) in [5, 5.41) is 12.4. The van der Waals surface area contributed by atoms with Crippen molar-refractivity contribution in [2.45, 2.75) is 32.5 Å². The third-order valence-corrected chi connectivity index (χ3v) is 3.00. The summed E-state index contributed by atoms with van der Waals surface area (Å²) < 4.78 is 38.3. The number of carboxylic acid groups (broad SMARTS) is 1. The molecule has 3 N–H and O–H groups in total. The number of amides is 2. The average molecular weight is 304 g/mol. The van der Waals surface area contributed by atoms with Crippen LogP contribution in [0, 0.1) is 13.8 Å². The Morgan fingerprint density at radius 2 is 1.76 bits per heavy atom. The summed E-state index contributed by atoms with van der Waals surface area (Å²) in [7, 11) is 0. The van der Waals surface area contributed by atoms with E-state index in [0.717, 1.165) is 5.56 Å². The standard InChI is InChI=1S/C13H15F3N2O3/c1-7-4-5-8(2)9(6-7)17-11(21)18-12(3,10(19)20)13(14,15)16/h4-6H,1-3H3,(H,19,20)(H2,17,18,21). The number of anilines is 1. The fourth-order valence-corrected chi connectivity index (χ4v) is 1.50. The number of carbonyl (C=O) groups excluding carboxylic acids is 1. The molecule has 1 unspecified atom stereocenters. The lowest BCUT2D eigenvalue weighted by Crippen LogP contribution is -2.62. The van der Waals surface area contributed by atoms with Gasteiger partial charge in [-0.25, -0.2) is 9.59 Å². The molecule has 5 nitrogen and oxygen atoms in total. The van der Waals surface area contributed by atoms with Crippen molar-refractivity contribution in [1.82, 2.24) is 5.32 Å². The number of nitrogens with one attached hydrogen (secondary N) is 2. The number of halogens is 3. The molecule has 1 atom stereocenters. The second-order valence-electron chi connectivity index (χ2n) is 4.83. The van der Waals surface area contributed by atoms with Gasteiger partial charge in [-0.05, 0) is 38.0 Å². The normalized spacial score (nSPS) is 14.2. The number of rotatable bonds is 3. The van der Waals surface area contributed by atoms with Gasteiger partial charge in [0.25, 0.3) is 0 Å². The van der Waals surface area contributed by atoms with Gasteiger partial charge in [0, 0.05) is 5.69 Å². The van der Waals surface area contributed by atoms with Crippen molar-refractivity contribution in [1.29, 1.82) is 0 Å². The molecule has 2 amide bonds. The Kier molecular flexibility index (Phi) is 4.50. The largest absolute Gasteiger partial charge is 0.479 e. The summed E-state index contributed by atoms with van der Waals surface area (Å²) in [5.74, 6) is -2.19. The summed E-state index contributed by atoms with van der Waals surface area (Å²) in [6.45, 7) is 3.80. The first-order chi connectivity index (χ1) is 9.47. The Bertz CT molecular complexity index is 572. The highest BCUT2D eigenvalue weighted by atomic mass is 19.4. The first-order valence-corrected chi connectivity index (χ1v) is 5.94. The fourth-order valence-electron chi connectivity index (χ4n) is 1.50. The minimum Gasteiger partial charge on any atom is -0.479 e. The Balaban J connectivity index is 2.95. The molecule has 0 aliphatic rings. The zero-order chi connectivity index (χ0) is 16.4. The Morgan fingerprint density at radius 3 is 2.24 bits per heavy atom. The van der Waals surface area contributed by atoms with Crippen LogP contribution in [-0.2, 0) is 4.79 Å². The molecular weight excluding hydrogens is 289 g/mol. The van der Waals surface area contributed by atoms with Crippen LogP contribution >= 0.6 is 0 Å². The lowest BCUT2D eigenvalue weighted by molar-refractivity contribution is -0.203. The van der Waals surface area contributed by atoms with Crippen LogP contribution in [0.4, 0.5) is 23.7 Å². The van der Waals surface area contributed by atoms with E-state index in [0.29, 0.717) is 18.2 Å². The molecule has 1 rings (SSSR count). The maximum atomic E-state index is 12.8. The van der Waals surface area contributed by atoms with Crippen LogP contribution in [-0.4, -0.2) is 28.8 Å². The highest BCUT2D eigenvalue weighted by Crippen LogP contribution is 2.30. The molecule has 1 aromatic rings. The van der Waals surface area contributed by atoms with E-state index < -0.39 is 23.7 Å². The van der Waals surface area contributed by atoms with Gasteiger partial charge in [0.1, 0.15) is 0 Å². The second kappa shape index (κ2) is 5.63. The van der Waals surface area contributed by atoms with Crippen molar-refractivity contribution in [2.75, 3.05) is 5.32 Å². The predicted molar refractivity (Wildman–Crippen MR) is 70.2 cm³/mol. The number of alkyl halides is 3. The van der Waals surface area contributed by atoms with E-state index in [1.807, 2.05) is 0 Å². The van der Waals surface area contributed by atoms with Gasteiger partial charge in [-0.1, -0.05) is 12.1 Å². The van der Waals surface area contributed by atoms with E-state index in [1.54, 1.807) is 32.0 Å². The first-order valence-electron chi connectivity index (χ1n) is 5.94. The molecule has 0 aromatic heterocycles. The van der Waals surface area contributed by atoms with E-state index in [1.165, 1.54) is 5.32 Å². The van der Waals surface area contributed by atoms with Crippen LogP contribution in [0.3, 0.4) is 0 Å². The van der Waals surface area contributed by atoms with Gasteiger partial charge < -0.3 is 15.7 Å². The smallest absolute Gasteiger partial charge is 0.422 e. The van der Waals surface area contributed by atoms with Gasteiger partial charge in [-0.3, -0.25) is 0 Å². The first kappa shape index (κ1) is 16.8. The molecule has 21 heavy (non-hydrogen) atoms. The lowest BCUT2D eigenvalue weighted by atomic mass is 10.0. The zero-order valence-corrected chi connectivity index (χ0v) is 11.6. The summed E-state index contributed by atoms with van der Waals surface area (Å²) >= 11 is 0. The Hall–Kier alpha value is -2.25. The van der Waals surface area contributed by atoms with E-state index in [-0.39, 0.29) is 0 Å². The molecule has 0 bridgehead atoms. The van der Waals surface area contributed by atoms with Crippen molar-refractivity contribution in [3.63, 3.8) is 0 Å². The van der Waals surface area contributed by atoms with E-state index in [4.69, 9.17) is 5.11 Å². The molecule has 116 valence electrons. The zero-order valence-electron chi connectivity index (χ0n) is 11.6. The maximum absolute atomic E-state index is 12.8. The third-order valence-electron chi connectivity index (χ3n) is 3.00. The molecule has 0 saturated carbocycles. The van der Waals surface area contributed by atoms with E-state index in [9.17, 15) is 22.8 Å². The van der Waals surface area contributed by atoms with Crippen molar-refractivity contribution in [2.24, 2.45) is 0 Å². The van der Waals surface area contributed by atoms with Crippen LogP contribution in [0.25, 0.3) is 0 Å².